The van der Waals surface area contributed by atoms with Gasteiger partial charge in [0.1, 0.15) is 11.5 Å². The number of halogens is 1. The van der Waals surface area contributed by atoms with Gasteiger partial charge in [-0.25, -0.2) is 0 Å². The smallest absolute Gasteiger partial charge is 0.122 e. The van der Waals surface area contributed by atoms with Crippen molar-refractivity contribution in [1.29, 1.82) is 0 Å². The van der Waals surface area contributed by atoms with Gasteiger partial charge in [0.05, 0.1) is 13.4 Å². The van der Waals surface area contributed by atoms with Crippen LogP contribution in [0.5, 0.6) is 5.75 Å². The molecule has 0 aliphatic heterocycles. The van der Waals surface area contributed by atoms with E-state index >= 15 is 0 Å². The molecule has 0 bridgehead atoms. The van der Waals surface area contributed by atoms with E-state index < -0.39 is 0 Å². The van der Waals surface area contributed by atoms with Crippen molar-refractivity contribution in [1.82, 2.24) is 0 Å². The molecule has 2 rings (SSSR count). The molecule has 0 saturated heterocycles. The summed E-state index contributed by atoms with van der Waals surface area (Å²) >= 11 is 3.68. The normalized spacial score (nSPS) is 12.4. The molecular formula is C14H15BrO2. The number of benzene rings is 1. The highest BCUT2D eigenvalue weighted by Crippen LogP contribution is 2.31. The van der Waals surface area contributed by atoms with Crippen LogP contribution in [0.15, 0.2) is 41.0 Å². The van der Waals surface area contributed by atoms with Crippen LogP contribution in [-0.2, 0) is 6.42 Å². The van der Waals surface area contributed by atoms with E-state index in [4.69, 9.17) is 9.15 Å². The second-order valence-electron chi connectivity index (χ2n) is 3.97. The zero-order chi connectivity index (χ0) is 12.3. The van der Waals surface area contributed by atoms with Crippen LogP contribution in [0.1, 0.15) is 21.7 Å². The van der Waals surface area contributed by atoms with Crippen LogP contribution in [0, 0.1) is 6.92 Å². The van der Waals surface area contributed by atoms with Crippen molar-refractivity contribution >= 4 is 15.9 Å². The van der Waals surface area contributed by atoms with Gasteiger partial charge in [-0.15, -0.1) is 0 Å². The predicted octanol–water partition coefficient (Wildman–Crippen LogP) is 4.28. The Morgan fingerprint density at radius 2 is 2.12 bits per heavy atom. The molecular weight excluding hydrogens is 280 g/mol. The quantitative estimate of drug-likeness (QED) is 0.786. The fourth-order valence-electron chi connectivity index (χ4n) is 1.81. The maximum atomic E-state index is 5.34. The molecule has 1 heterocycles. The maximum Gasteiger partial charge on any atom is 0.122 e. The van der Waals surface area contributed by atoms with Gasteiger partial charge in [-0.1, -0.05) is 34.1 Å². The molecule has 0 fully saturated rings. The number of rotatable bonds is 4. The molecule has 0 aliphatic carbocycles. The number of hydrogen-bond acceptors (Lipinski definition) is 2. The van der Waals surface area contributed by atoms with Gasteiger partial charge in [-0.05, 0) is 31.0 Å². The van der Waals surface area contributed by atoms with E-state index in [-0.39, 0.29) is 4.83 Å². The summed E-state index contributed by atoms with van der Waals surface area (Å²) in [7, 11) is 1.70. The van der Waals surface area contributed by atoms with Gasteiger partial charge in [0.15, 0.2) is 0 Å². The third kappa shape index (κ3) is 2.91. The first kappa shape index (κ1) is 12.2. The van der Waals surface area contributed by atoms with Crippen molar-refractivity contribution < 1.29 is 9.15 Å². The molecule has 1 unspecified atom stereocenters. The Hall–Kier alpha value is -1.22. The molecule has 0 N–H and O–H groups in total. The number of alkyl halides is 1. The van der Waals surface area contributed by atoms with E-state index in [0.717, 1.165) is 23.5 Å². The number of aryl methyl sites for hydroxylation is 1. The standard InChI is InChI=1S/C14H15BrO2/c1-10-7-12(9-17-10)13(15)8-11-5-3-4-6-14(11)16-2/h3-7,9,13H,8H2,1-2H3. The average molecular weight is 295 g/mol. The SMILES string of the molecule is COc1ccccc1CC(Br)c1coc(C)c1. The second kappa shape index (κ2) is 5.41. The predicted molar refractivity (Wildman–Crippen MR) is 71.8 cm³/mol. The Kier molecular flexibility index (Phi) is 3.89. The molecule has 17 heavy (non-hydrogen) atoms. The molecule has 2 aromatic rings. The molecule has 0 spiro atoms. The van der Waals surface area contributed by atoms with Gasteiger partial charge < -0.3 is 9.15 Å². The molecule has 1 aromatic carbocycles. The molecule has 90 valence electrons. The zero-order valence-electron chi connectivity index (χ0n) is 9.94. The lowest BCUT2D eigenvalue weighted by atomic mass is 10.1. The van der Waals surface area contributed by atoms with Crippen molar-refractivity contribution in [2.45, 2.75) is 18.2 Å². The van der Waals surface area contributed by atoms with E-state index in [0.29, 0.717) is 0 Å². The molecule has 0 saturated carbocycles. The largest absolute Gasteiger partial charge is 0.496 e. The Labute approximate surface area is 110 Å². The van der Waals surface area contributed by atoms with E-state index in [2.05, 4.69) is 28.1 Å². The third-order valence-corrected chi connectivity index (χ3v) is 3.56. The van der Waals surface area contributed by atoms with Crippen molar-refractivity contribution in [3.05, 3.63) is 53.5 Å². The van der Waals surface area contributed by atoms with Crippen LogP contribution in [0.3, 0.4) is 0 Å². The first-order chi connectivity index (χ1) is 8.20. The van der Waals surface area contributed by atoms with E-state index in [1.807, 2.05) is 25.1 Å². The summed E-state index contributed by atoms with van der Waals surface area (Å²) in [5.74, 6) is 1.86. The van der Waals surface area contributed by atoms with Crippen LogP contribution in [-0.4, -0.2) is 7.11 Å². The number of hydrogen-bond donors (Lipinski definition) is 0. The van der Waals surface area contributed by atoms with Gasteiger partial charge in [0.25, 0.3) is 0 Å². The lowest BCUT2D eigenvalue weighted by molar-refractivity contribution is 0.409. The highest BCUT2D eigenvalue weighted by atomic mass is 79.9. The third-order valence-electron chi connectivity index (χ3n) is 2.70. The number of para-hydroxylation sites is 1. The van der Waals surface area contributed by atoms with Crippen molar-refractivity contribution in [3.8, 4) is 5.75 Å². The number of ether oxygens (including phenoxy) is 1. The fourth-order valence-corrected chi connectivity index (χ4v) is 2.40. The van der Waals surface area contributed by atoms with Crippen LogP contribution in [0.25, 0.3) is 0 Å². The summed E-state index contributed by atoms with van der Waals surface area (Å²) in [4.78, 5) is 0.247. The maximum absolute atomic E-state index is 5.34. The van der Waals surface area contributed by atoms with Gasteiger partial charge in [-0.2, -0.15) is 0 Å². The van der Waals surface area contributed by atoms with E-state index in [1.54, 1.807) is 13.4 Å². The number of methoxy groups -OCH3 is 1. The van der Waals surface area contributed by atoms with E-state index in [1.165, 1.54) is 5.56 Å². The van der Waals surface area contributed by atoms with E-state index in [9.17, 15) is 0 Å². The first-order valence-corrected chi connectivity index (χ1v) is 6.43. The minimum atomic E-state index is 0.247. The van der Waals surface area contributed by atoms with Gasteiger partial charge in [-0.3, -0.25) is 0 Å². The highest BCUT2D eigenvalue weighted by Gasteiger charge is 2.13. The van der Waals surface area contributed by atoms with Crippen LogP contribution in [0.2, 0.25) is 0 Å². The highest BCUT2D eigenvalue weighted by molar-refractivity contribution is 9.09. The molecule has 0 amide bonds. The summed E-state index contributed by atoms with van der Waals surface area (Å²) in [5, 5.41) is 0. The van der Waals surface area contributed by atoms with Crippen molar-refractivity contribution in [3.63, 3.8) is 0 Å². The lowest BCUT2D eigenvalue weighted by Gasteiger charge is -2.11. The molecule has 1 aromatic heterocycles. The summed E-state index contributed by atoms with van der Waals surface area (Å²) in [6.45, 7) is 1.95. The summed E-state index contributed by atoms with van der Waals surface area (Å²) in [6, 6.07) is 10.1. The Morgan fingerprint density at radius 3 is 2.76 bits per heavy atom. The summed E-state index contributed by atoms with van der Waals surface area (Å²) in [6.07, 6.45) is 2.67. The lowest BCUT2D eigenvalue weighted by Crippen LogP contribution is -1.97. The van der Waals surface area contributed by atoms with Crippen LogP contribution >= 0.6 is 15.9 Å². The van der Waals surface area contributed by atoms with Gasteiger partial charge >= 0.3 is 0 Å². The zero-order valence-corrected chi connectivity index (χ0v) is 11.5. The fraction of sp³-hybridized carbons (Fsp3) is 0.286. The van der Waals surface area contributed by atoms with Gasteiger partial charge in [0.2, 0.25) is 0 Å². The second-order valence-corrected chi connectivity index (χ2v) is 5.08. The first-order valence-electron chi connectivity index (χ1n) is 5.51. The molecule has 1 atom stereocenters. The number of furan rings is 1. The Balaban J connectivity index is 2.15. The van der Waals surface area contributed by atoms with Crippen LogP contribution in [0.4, 0.5) is 0 Å². The summed E-state index contributed by atoms with van der Waals surface area (Å²) < 4.78 is 10.7. The minimum absolute atomic E-state index is 0.247. The topological polar surface area (TPSA) is 22.4 Å². The Morgan fingerprint density at radius 1 is 1.35 bits per heavy atom. The van der Waals surface area contributed by atoms with Crippen molar-refractivity contribution in [2.24, 2.45) is 0 Å². The molecule has 0 radical (unpaired) electrons. The monoisotopic (exact) mass is 294 g/mol. The Bertz CT molecular complexity index is 490. The summed E-state index contributed by atoms with van der Waals surface area (Å²) in [5.41, 5.74) is 2.35. The van der Waals surface area contributed by atoms with Crippen LogP contribution < -0.4 is 4.74 Å². The molecule has 2 nitrogen and oxygen atoms in total. The van der Waals surface area contributed by atoms with Gasteiger partial charge in [0, 0.05) is 10.4 Å². The minimum Gasteiger partial charge on any atom is -0.496 e. The molecule has 3 heteroatoms. The van der Waals surface area contributed by atoms with Crippen molar-refractivity contribution in [2.75, 3.05) is 7.11 Å². The average Bonchev–Trinajstić information content (AvgIpc) is 2.77. The molecule has 0 aliphatic rings.